The molecule has 0 saturated carbocycles. The molecule has 0 aliphatic rings. The molecule has 0 bridgehead atoms. The van der Waals surface area contributed by atoms with Crippen LogP contribution in [0.2, 0.25) is 0 Å². The molecule has 0 aliphatic carbocycles. The largest absolute Gasteiger partial charge is 0.0839 e. The van der Waals surface area contributed by atoms with Gasteiger partial charge in [-0.25, -0.2) is 0 Å². The van der Waals surface area contributed by atoms with Crippen molar-refractivity contribution in [2.75, 3.05) is 0 Å². The van der Waals surface area contributed by atoms with E-state index in [0.717, 1.165) is 0 Å². The van der Waals surface area contributed by atoms with Crippen molar-refractivity contribution < 1.29 is 0 Å². The van der Waals surface area contributed by atoms with Gasteiger partial charge in [-0.1, -0.05) is 113 Å². The SMILES string of the molecule is CCCCCCCCCCCC/C=C/c1ccc2ccccc2c1. The minimum Gasteiger partial charge on any atom is -0.0839 e. The first kappa shape index (κ1) is 18.8. The molecule has 0 amide bonds. The number of fused-ring (bicyclic) bond motifs is 1. The van der Waals surface area contributed by atoms with Gasteiger partial charge in [-0.05, 0) is 35.2 Å². The average molecular weight is 323 g/mol. The van der Waals surface area contributed by atoms with E-state index in [-0.39, 0.29) is 0 Å². The molecule has 0 atom stereocenters. The highest BCUT2D eigenvalue weighted by molar-refractivity contribution is 5.84. The summed E-state index contributed by atoms with van der Waals surface area (Å²) in [5.74, 6) is 0. The van der Waals surface area contributed by atoms with E-state index < -0.39 is 0 Å². The number of hydrogen-bond acceptors (Lipinski definition) is 0. The molecule has 0 heterocycles. The van der Waals surface area contributed by atoms with E-state index in [2.05, 4.69) is 61.5 Å². The zero-order valence-electron chi connectivity index (χ0n) is 15.5. The topological polar surface area (TPSA) is 0 Å². The molecule has 0 unspecified atom stereocenters. The second-order valence-corrected chi connectivity index (χ2v) is 6.98. The van der Waals surface area contributed by atoms with Gasteiger partial charge in [0.25, 0.3) is 0 Å². The van der Waals surface area contributed by atoms with Gasteiger partial charge in [0.2, 0.25) is 0 Å². The summed E-state index contributed by atoms with van der Waals surface area (Å²) < 4.78 is 0. The maximum atomic E-state index is 2.34. The Kier molecular flexibility index (Phi) is 9.31. The van der Waals surface area contributed by atoms with E-state index in [9.17, 15) is 0 Å². The number of rotatable bonds is 12. The Bertz CT molecular complexity index is 594. The minimum atomic E-state index is 1.21. The fraction of sp³-hybridized carbons (Fsp3) is 0.500. The fourth-order valence-electron chi connectivity index (χ4n) is 3.28. The van der Waals surface area contributed by atoms with Gasteiger partial charge in [-0.15, -0.1) is 0 Å². The molecule has 24 heavy (non-hydrogen) atoms. The van der Waals surface area contributed by atoms with Gasteiger partial charge in [0, 0.05) is 0 Å². The molecular formula is C24H34. The lowest BCUT2D eigenvalue weighted by atomic mass is 10.0. The van der Waals surface area contributed by atoms with E-state index in [4.69, 9.17) is 0 Å². The lowest BCUT2D eigenvalue weighted by Crippen LogP contribution is -1.81. The van der Waals surface area contributed by atoms with E-state index in [1.807, 2.05) is 0 Å². The Morgan fingerprint density at radius 3 is 2.00 bits per heavy atom. The summed E-state index contributed by atoms with van der Waals surface area (Å²) in [4.78, 5) is 0. The molecule has 0 radical (unpaired) electrons. The first-order valence-electron chi connectivity index (χ1n) is 10.1. The van der Waals surface area contributed by atoms with Gasteiger partial charge < -0.3 is 0 Å². The van der Waals surface area contributed by atoms with Crippen LogP contribution in [0.15, 0.2) is 48.5 Å². The first-order valence-corrected chi connectivity index (χ1v) is 10.1. The summed E-state index contributed by atoms with van der Waals surface area (Å²) in [5, 5.41) is 2.66. The van der Waals surface area contributed by atoms with Crippen LogP contribution in [0.1, 0.15) is 83.1 Å². The second-order valence-electron chi connectivity index (χ2n) is 6.98. The highest BCUT2D eigenvalue weighted by Crippen LogP contribution is 2.17. The maximum Gasteiger partial charge on any atom is -0.0178 e. The Morgan fingerprint density at radius 1 is 0.667 bits per heavy atom. The molecule has 130 valence electrons. The van der Waals surface area contributed by atoms with Gasteiger partial charge in [0.05, 0.1) is 0 Å². The quantitative estimate of drug-likeness (QED) is 0.346. The Hall–Kier alpha value is -1.56. The van der Waals surface area contributed by atoms with Crippen LogP contribution in [-0.4, -0.2) is 0 Å². The monoisotopic (exact) mass is 322 g/mol. The summed E-state index contributed by atoms with van der Waals surface area (Å²) in [7, 11) is 0. The van der Waals surface area contributed by atoms with Crippen LogP contribution >= 0.6 is 0 Å². The predicted molar refractivity (Wildman–Crippen MR) is 109 cm³/mol. The van der Waals surface area contributed by atoms with Crippen molar-refractivity contribution in [1.82, 2.24) is 0 Å². The Labute approximate surface area is 149 Å². The summed E-state index contributed by atoms with van der Waals surface area (Å²) in [6.45, 7) is 2.29. The van der Waals surface area contributed by atoms with Crippen LogP contribution in [0.25, 0.3) is 16.8 Å². The van der Waals surface area contributed by atoms with E-state index in [1.165, 1.54) is 87.0 Å². The minimum absolute atomic E-state index is 1.21. The smallest absolute Gasteiger partial charge is 0.0178 e. The van der Waals surface area contributed by atoms with Crippen LogP contribution in [0.3, 0.4) is 0 Å². The van der Waals surface area contributed by atoms with Crippen LogP contribution in [0.5, 0.6) is 0 Å². The number of benzene rings is 2. The molecule has 0 nitrogen and oxygen atoms in total. The zero-order valence-corrected chi connectivity index (χ0v) is 15.5. The maximum absolute atomic E-state index is 2.34. The third-order valence-corrected chi connectivity index (χ3v) is 4.81. The average Bonchev–Trinajstić information content (AvgIpc) is 2.62. The van der Waals surface area contributed by atoms with E-state index in [1.54, 1.807) is 0 Å². The van der Waals surface area contributed by atoms with Crippen LogP contribution in [0, 0.1) is 0 Å². The highest BCUT2D eigenvalue weighted by atomic mass is 14.0. The lowest BCUT2D eigenvalue weighted by Gasteiger charge is -2.01. The molecule has 0 fully saturated rings. The van der Waals surface area contributed by atoms with Crippen molar-refractivity contribution in [3.05, 3.63) is 54.1 Å². The van der Waals surface area contributed by atoms with Crippen LogP contribution < -0.4 is 0 Å². The molecule has 0 N–H and O–H groups in total. The van der Waals surface area contributed by atoms with Gasteiger partial charge in [-0.2, -0.15) is 0 Å². The van der Waals surface area contributed by atoms with Gasteiger partial charge >= 0.3 is 0 Å². The van der Waals surface area contributed by atoms with Gasteiger partial charge in [0.15, 0.2) is 0 Å². The second kappa shape index (κ2) is 11.9. The first-order chi connectivity index (χ1) is 11.9. The molecule has 2 aromatic carbocycles. The van der Waals surface area contributed by atoms with E-state index in [0.29, 0.717) is 0 Å². The molecule has 0 aliphatic heterocycles. The van der Waals surface area contributed by atoms with Crippen LogP contribution in [-0.2, 0) is 0 Å². The third-order valence-electron chi connectivity index (χ3n) is 4.81. The van der Waals surface area contributed by atoms with Crippen molar-refractivity contribution >= 4 is 16.8 Å². The molecule has 2 rings (SSSR count). The molecular weight excluding hydrogens is 288 g/mol. The standard InChI is InChI=1S/C24H34/c1-2-3-4-5-6-7-8-9-10-11-12-13-16-22-19-20-23-17-14-15-18-24(23)21-22/h13-21H,2-12H2,1H3/b16-13+. The highest BCUT2D eigenvalue weighted by Gasteiger charge is 1.94. The molecule has 2 aromatic rings. The summed E-state index contributed by atoms with van der Waals surface area (Å²) >= 11 is 0. The number of allylic oxidation sites excluding steroid dienone is 1. The van der Waals surface area contributed by atoms with Crippen molar-refractivity contribution in [3.8, 4) is 0 Å². The summed E-state index contributed by atoms with van der Waals surface area (Å²) in [5.41, 5.74) is 1.32. The summed E-state index contributed by atoms with van der Waals surface area (Å²) in [6, 6.07) is 15.3. The number of hydrogen-bond donors (Lipinski definition) is 0. The molecule has 0 aromatic heterocycles. The van der Waals surface area contributed by atoms with Crippen molar-refractivity contribution in [2.45, 2.75) is 77.6 Å². The predicted octanol–water partition coefficient (Wildman–Crippen LogP) is 8.16. The normalized spacial score (nSPS) is 11.5. The van der Waals surface area contributed by atoms with Crippen molar-refractivity contribution in [3.63, 3.8) is 0 Å². The van der Waals surface area contributed by atoms with Gasteiger partial charge in [0.1, 0.15) is 0 Å². The number of unbranched alkanes of at least 4 members (excludes halogenated alkanes) is 10. The van der Waals surface area contributed by atoms with Gasteiger partial charge in [-0.3, -0.25) is 0 Å². The summed E-state index contributed by atoms with van der Waals surface area (Å²) in [6.07, 6.45) is 19.9. The molecule has 0 spiro atoms. The fourth-order valence-corrected chi connectivity index (χ4v) is 3.28. The third kappa shape index (κ3) is 7.34. The lowest BCUT2D eigenvalue weighted by molar-refractivity contribution is 0.558. The van der Waals surface area contributed by atoms with E-state index >= 15 is 0 Å². The molecule has 0 saturated heterocycles. The van der Waals surface area contributed by atoms with Crippen molar-refractivity contribution in [1.29, 1.82) is 0 Å². The Morgan fingerprint density at radius 2 is 1.29 bits per heavy atom. The zero-order chi connectivity index (χ0) is 16.9. The Balaban J connectivity index is 1.53. The molecule has 0 heteroatoms. The van der Waals surface area contributed by atoms with Crippen LogP contribution in [0.4, 0.5) is 0 Å². The van der Waals surface area contributed by atoms with Crippen molar-refractivity contribution in [2.24, 2.45) is 0 Å².